The molecule has 0 heterocycles. The molecule has 3 N–H and O–H groups in total. The lowest BCUT2D eigenvalue weighted by Gasteiger charge is -2.25. The number of carboxylic acids is 1. The number of nitrogens with one attached hydrogen (secondary N) is 2. The van der Waals surface area contributed by atoms with E-state index in [4.69, 9.17) is 5.11 Å². The van der Waals surface area contributed by atoms with Gasteiger partial charge in [-0.3, -0.25) is 0 Å². The van der Waals surface area contributed by atoms with Crippen molar-refractivity contribution >= 4 is 17.7 Å². The topological polar surface area (TPSA) is 78.4 Å². The Morgan fingerprint density at radius 1 is 1.30 bits per heavy atom. The molecule has 1 aliphatic carbocycles. The quantitative estimate of drug-likeness (QED) is 0.791. The van der Waals surface area contributed by atoms with Gasteiger partial charge in [0.2, 0.25) is 0 Å². The van der Waals surface area contributed by atoms with Crippen LogP contribution in [0, 0.1) is 19.8 Å². The highest BCUT2D eigenvalue weighted by molar-refractivity contribution is 5.94. The molecular weight excluding hydrogens is 256 g/mol. The van der Waals surface area contributed by atoms with Gasteiger partial charge in [0.15, 0.2) is 0 Å². The van der Waals surface area contributed by atoms with Crippen LogP contribution in [-0.4, -0.2) is 23.7 Å². The maximum Gasteiger partial charge on any atom is 0.336 e. The predicted octanol–water partition coefficient (Wildman–Crippen LogP) is 2.92. The van der Waals surface area contributed by atoms with E-state index in [0.29, 0.717) is 18.2 Å². The van der Waals surface area contributed by atoms with Crippen LogP contribution in [0.2, 0.25) is 0 Å². The summed E-state index contributed by atoms with van der Waals surface area (Å²) in [5.74, 6) is -0.390. The third kappa shape index (κ3) is 3.29. The van der Waals surface area contributed by atoms with Crippen LogP contribution in [0.3, 0.4) is 0 Å². The Morgan fingerprint density at radius 3 is 2.55 bits per heavy atom. The Balaban J connectivity index is 2.01. The van der Waals surface area contributed by atoms with Gasteiger partial charge in [0.05, 0.1) is 5.56 Å². The average molecular weight is 276 g/mol. The minimum Gasteiger partial charge on any atom is -0.478 e. The van der Waals surface area contributed by atoms with Crippen molar-refractivity contribution in [3.63, 3.8) is 0 Å². The van der Waals surface area contributed by atoms with Gasteiger partial charge in [-0.15, -0.1) is 0 Å². The van der Waals surface area contributed by atoms with Crippen molar-refractivity contribution in [2.75, 3.05) is 11.9 Å². The fraction of sp³-hybridized carbons (Fsp3) is 0.467. The van der Waals surface area contributed by atoms with E-state index >= 15 is 0 Å². The van der Waals surface area contributed by atoms with Gasteiger partial charge in [0.1, 0.15) is 0 Å². The van der Waals surface area contributed by atoms with E-state index in [1.165, 1.54) is 25.3 Å². The lowest BCUT2D eigenvalue weighted by molar-refractivity contribution is 0.0696. The average Bonchev–Trinajstić information content (AvgIpc) is 2.31. The van der Waals surface area contributed by atoms with Crippen LogP contribution in [0.25, 0.3) is 0 Å². The minimum atomic E-state index is -0.982. The normalized spacial score (nSPS) is 14.5. The Morgan fingerprint density at radius 2 is 2.00 bits per heavy atom. The van der Waals surface area contributed by atoms with E-state index in [9.17, 15) is 9.59 Å². The molecule has 0 saturated heterocycles. The molecule has 0 aliphatic heterocycles. The van der Waals surface area contributed by atoms with Crippen LogP contribution >= 0.6 is 0 Å². The largest absolute Gasteiger partial charge is 0.478 e. The first-order chi connectivity index (χ1) is 9.47. The van der Waals surface area contributed by atoms with Crippen molar-refractivity contribution in [3.05, 3.63) is 28.8 Å². The van der Waals surface area contributed by atoms with Crippen LogP contribution in [0.15, 0.2) is 12.1 Å². The van der Waals surface area contributed by atoms with Crippen molar-refractivity contribution in [2.45, 2.75) is 33.1 Å². The number of carbonyl (C=O) groups excluding carboxylic acids is 1. The van der Waals surface area contributed by atoms with E-state index in [0.717, 1.165) is 11.1 Å². The first-order valence-corrected chi connectivity index (χ1v) is 6.86. The molecule has 108 valence electrons. The Labute approximate surface area is 118 Å². The van der Waals surface area contributed by atoms with Gasteiger partial charge in [0, 0.05) is 12.2 Å². The number of carbonyl (C=O) groups is 2. The minimum absolute atomic E-state index is 0.222. The summed E-state index contributed by atoms with van der Waals surface area (Å²) in [5.41, 5.74) is 2.30. The number of rotatable bonds is 4. The summed E-state index contributed by atoms with van der Waals surface area (Å²) in [4.78, 5) is 22.9. The number of benzene rings is 1. The van der Waals surface area contributed by atoms with E-state index < -0.39 is 5.97 Å². The van der Waals surface area contributed by atoms with Gasteiger partial charge in [0.25, 0.3) is 0 Å². The molecule has 20 heavy (non-hydrogen) atoms. The standard InChI is InChI=1S/C15H20N2O3/c1-9-6-12(7-13(10(9)2)14(18)19)17-15(20)16-8-11-4-3-5-11/h6-7,11H,3-5,8H2,1-2H3,(H,18,19)(H2,16,17,20). The summed E-state index contributed by atoms with van der Waals surface area (Å²) < 4.78 is 0. The number of hydrogen-bond donors (Lipinski definition) is 3. The zero-order valence-electron chi connectivity index (χ0n) is 11.8. The predicted molar refractivity (Wildman–Crippen MR) is 77.2 cm³/mol. The zero-order valence-corrected chi connectivity index (χ0v) is 11.8. The van der Waals surface area contributed by atoms with Gasteiger partial charge in [-0.25, -0.2) is 9.59 Å². The highest BCUT2D eigenvalue weighted by atomic mass is 16.4. The third-order valence-electron chi connectivity index (χ3n) is 3.93. The Bertz CT molecular complexity index is 536. The number of urea groups is 1. The molecule has 1 aromatic carbocycles. The summed E-state index contributed by atoms with van der Waals surface area (Å²) >= 11 is 0. The van der Waals surface area contributed by atoms with E-state index in [-0.39, 0.29) is 11.6 Å². The van der Waals surface area contributed by atoms with Crippen LogP contribution in [0.1, 0.15) is 40.7 Å². The first kappa shape index (κ1) is 14.4. The molecule has 0 unspecified atom stereocenters. The molecule has 2 amide bonds. The smallest absolute Gasteiger partial charge is 0.336 e. The van der Waals surface area contributed by atoms with Crippen molar-refractivity contribution in [1.29, 1.82) is 0 Å². The highest BCUT2D eigenvalue weighted by Crippen LogP contribution is 2.25. The van der Waals surface area contributed by atoms with Gasteiger partial charge in [-0.05, 0) is 55.9 Å². The summed E-state index contributed by atoms with van der Waals surface area (Å²) in [6, 6.07) is 3.00. The number of amides is 2. The molecule has 1 aromatic rings. The molecule has 1 fully saturated rings. The van der Waals surface area contributed by atoms with Gasteiger partial charge >= 0.3 is 12.0 Å². The Kier molecular flexibility index (Phi) is 4.27. The lowest BCUT2D eigenvalue weighted by Crippen LogP contribution is -2.35. The number of aromatic carboxylic acids is 1. The van der Waals surface area contributed by atoms with Crippen molar-refractivity contribution in [2.24, 2.45) is 5.92 Å². The van der Waals surface area contributed by atoms with Crippen LogP contribution < -0.4 is 10.6 Å². The maximum atomic E-state index is 11.8. The fourth-order valence-electron chi connectivity index (χ4n) is 2.26. The number of hydrogen-bond acceptors (Lipinski definition) is 2. The first-order valence-electron chi connectivity index (χ1n) is 6.86. The number of carboxylic acid groups (broad SMARTS) is 1. The summed E-state index contributed by atoms with van der Waals surface area (Å²) in [5, 5.41) is 14.6. The highest BCUT2D eigenvalue weighted by Gasteiger charge is 2.18. The second kappa shape index (κ2) is 5.94. The van der Waals surface area contributed by atoms with Gasteiger partial charge in [-0.2, -0.15) is 0 Å². The monoisotopic (exact) mass is 276 g/mol. The molecule has 5 heteroatoms. The number of anilines is 1. The van der Waals surface area contributed by atoms with Crippen LogP contribution in [-0.2, 0) is 0 Å². The van der Waals surface area contributed by atoms with Gasteiger partial charge < -0.3 is 15.7 Å². The lowest BCUT2D eigenvalue weighted by atomic mass is 9.85. The van der Waals surface area contributed by atoms with E-state index in [2.05, 4.69) is 10.6 Å². The molecule has 0 atom stereocenters. The van der Waals surface area contributed by atoms with E-state index in [1.807, 2.05) is 6.92 Å². The van der Waals surface area contributed by atoms with Crippen LogP contribution in [0.4, 0.5) is 10.5 Å². The van der Waals surface area contributed by atoms with Crippen molar-refractivity contribution in [3.8, 4) is 0 Å². The molecule has 5 nitrogen and oxygen atoms in total. The molecule has 1 saturated carbocycles. The molecule has 1 aliphatic rings. The second-order valence-corrected chi connectivity index (χ2v) is 5.40. The Hall–Kier alpha value is -2.04. The third-order valence-corrected chi connectivity index (χ3v) is 3.93. The molecule has 0 radical (unpaired) electrons. The SMILES string of the molecule is Cc1cc(NC(=O)NCC2CCC2)cc(C(=O)O)c1C. The molecule has 0 bridgehead atoms. The van der Waals surface area contributed by atoms with Crippen molar-refractivity contribution in [1.82, 2.24) is 5.32 Å². The zero-order chi connectivity index (χ0) is 14.7. The summed E-state index contributed by atoms with van der Waals surface area (Å²) in [7, 11) is 0. The molecule has 0 spiro atoms. The summed E-state index contributed by atoms with van der Waals surface area (Å²) in [6.45, 7) is 4.28. The fourth-order valence-corrected chi connectivity index (χ4v) is 2.26. The summed E-state index contributed by atoms with van der Waals surface area (Å²) in [6.07, 6.45) is 3.59. The van der Waals surface area contributed by atoms with Gasteiger partial charge in [-0.1, -0.05) is 6.42 Å². The molecular formula is C15H20N2O3. The van der Waals surface area contributed by atoms with Crippen molar-refractivity contribution < 1.29 is 14.7 Å². The molecule has 0 aromatic heterocycles. The molecule has 2 rings (SSSR count). The number of aryl methyl sites for hydroxylation is 1. The maximum absolute atomic E-state index is 11.8. The van der Waals surface area contributed by atoms with E-state index in [1.54, 1.807) is 13.0 Å². The second-order valence-electron chi connectivity index (χ2n) is 5.40. The van der Waals surface area contributed by atoms with Crippen LogP contribution in [0.5, 0.6) is 0 Å².